The molecule has 0 spiro atoms. The Morgan fingerprint density at radius 1 is 0.840 bits per heavy atom. The molecule has 0 radical (unpaired) electrons. The maximum Gasteiger partial charge on any atom is 0.264 e. The second-order valence-corrected chi connectivity index (χ2v) is 17.8. The van der Waals surface area contributed by atoms with Gasteiger partial charge in [0.15, 0.2) is 5.71 Å². The van der Waals surface area contributed by atoms with Gasteiger partial charge in [0.2, 0.25) is 5.69 Å². The molecular weight excluding hydrogens is 696 g/mol. The maximum atomic E-state index is 11.3. The van der Waals surface area contributed by atoms with Gasteiger partial charge in [-0.1, -0.05) is 67.9 Å². The summed E-state index contributed by atoms with van der Waals surface area (Å²) in [6.07, 6.45) is 14.1. The van der Waals surface area contributed by atoms with E-state index in [1.54, 1.807) is 0 Å². The van der Waals surface area contributed by atoms with Crippen molar-refractivity contribution in [2.24, 2.45) is 0 Å². The molecule has 0 bridgehead atoms. The third kappa shape index (κ3) is 9.05. The number of para-hydroxylation sites is 1. The minimum atomic E-state index is -3.99. The zero-order valence-electron chi connectivity index (χ0n) is 29.2. The highest BCUT2D eigenvalue weighted by Crippen LogP contribution is 2.46. The number of allylic oxidation sites excluding steroid dienone is 8. The molecule has 0 aromatic heterocycles. The molecule has 1 aliphatic carbocycles. The molecule has 272 valence electrons. The molecular formula is C38H49ClN2O7S2. The number of hydrogen-bond donors (Lipinski definition) is 3. The molecule has 50 heavy (non-hydrogen) atoms. The van der Waals surface area contributed by atoms with E-state index in [0.29, 0.717) is 32.2 Å². The summed E-state index contributed by atoms with van der Waals surface area (Å²) in [6.45, 7) is 9.43. The van der Waals surface area contributed by atoms with Crippen molar-refractivity contribution in [3.63, 3.8) is 0 Å². The van der Waals surface area contributed by atoms with Crippen molar-refractivity contribution in [3.05, 3.63) is 105 Å². The second kappa shape index (κ2) is 15.7. The first-order chi connectivity index (χ1) is 23.0. The van der Waals surface area contributed by atoms with Crippen LogP contribution in [0, 0.1) is 0 Å². The molecule has 9 nitrogen and oxygen atoms in total. The number of unbranched alkanes of at least 4 members (excludes halogenated alkanes) is 2. The lowest BCUT2D eigenvalue weighted by Crippen LogP contribution is -2.28. The number of halogens is 1. The fourth-order valence-electron chi connectivity index (χ4n) is 7.44. The molecule has 2 aromatic rings. The van der Waals surface area contributed by atoms with E-state index >= 15 is 0 Å². The first-order valence-electron chi connectivity index (χ1n) is 17.0. The largest absolute Gasteiger partial charge is 0.870 e. The molecule has 0 atom stereocenters. The molecule has 2 heterocycles. The first kappa shape index (κ1) is 39.7. The van der Waals surface area contributed by atoms with Crippen molar-refractivity contribution in [2.45, 2.75) is 89.9 Å². The van der Waals surface area contributed by atoms with Crippen LogP contribution < -0.4 is 5.32 Å². The van der Waals surface area contributed by atoms with E-state index in [4.69, 9.17) is 16.2 Å². The number of hydrogen-bond acceptors (Lipinski definition) is 6. The van der Waals surface area contributed by atoms with Gasteiger partial charge in [0.05, 0.1) is 16.9 Å². The predicted molar refractivity (Wildman–Crippen MR) is 201 cm³/mol. The van der Waals surface area contributed by atoms with E-state index in [1.807, 2.05) is 18.2 Å². The summed E-state index contributed by atoms with van der Waals surface area (Å²) < 4.78 is 65.5. The molecule has 12 heteroatoms. The predicted octanol–water partition coefficient (Wildman–Crippen LogP) is 8.21. The quantitative estimate of drug-likeness (QED) is 0.105. The Balaban J connectivity index is 0.00000562. The number of nitrogens with zero attached hydrogens (tertiary/aromatic N) is 1. The molecule has 0 saturated heterocycles. The fraction of sp³-hybridized carbons (Fsp3) is 0.447. The Kier molecular flexibility index (Phi) is 12.5. The Morgan fingerprint density at radius 2 is 1.52 bits per heavy atom. The van der Waals surface area contributed by atoms with Crippen molar-refractivity contribution < 1.29 is 36.0 Å². The highest BCUT2D eigenvalue weighted by atomic mass is 35.5. The minimum Gasteiger partial charge on any atom is -0.870 e. The Morgan fingerprint density at radius 3 is 2.22 bits per heavy atom. The van der Waals surface area contributed by atoms with Crippen LogP contribution in [0.1, 0.15) is 89.3 Å². The Labute approximate surface area is 302 Å². The molecule has 0 fully saturated rings. The number of rotatable bonds is 13. The van der Waals surface area contributed by atoms with Crippen LogP contribution in [0.4, 0.5) is 11.4 Å². The van der Waals surface area contributed by atoms with Crippen LogP contribution in [-0.4, -0.2) is 59.8 Å². The number of fused-ring (bicyclic) bond motifs is 2. The maximum absolute atomic E-state index is 11.3. The second-order valence-electron chi connectivity index (χ2n) is 14.3. The molecule has 3 aliphatic rings. The molecule has 0 amide bonds. The van der Waals surface area contributed by atoms with Gasteiger partial charge in [0.1, 0.15) is 6.54 Å². The van der Waals surface area contributed by atoms with Crippen molar-refractivity contribution in [1.29, 1.82) is 0 Å². The molecule has 2 aromatic carbocycles. The van der Waals surface area contributed by atoms with Gasteiger partial charge in [-0.2, -0.15) is 21.4 Å². The van der Waals surface area contributed by atoms with Gasteiger partial charge in [-0.05, 0) is 93.2 Å². The monoisotopic (exact) mass is 744 g/mol. The molecule has 5 rings (SSSR count). The van der Waals surface area contributed by atoms with Gasteiger partial charge in [-0.3, -0.25) is 9.11 Å². The van der Waals surface area contributed by atoms with E-state index in [1.165, 1.54) is 16.7 Å². The topological polar surface area (TPSA) is 154 Å². The van der Waals surface area contributed by atoms with Gasteiger partial charge < -0.3 is 10.8 Å². The van der Waals surface area contributed by atoms with E-state index in [2.05, 4.69) is 86.2 Å². The zero-order valence-corrected chi connectivity index (χ0v) is 31.6. The van der Waals surface area contributed by atoms with E-state index < -0.39 is 20.2 Å². The number of anilines is 1. The molecule has 0 saturated carbocycles. The standard InChI is InChI=1S/C38H47ClN2O6S2.H2O/c1-37(2)30-17-5-6-19-32(30)41(24-8-10-26-49(45,46)47)34(37)23-21-29-16-11-15-28(36(29)39)20-22-33-38(3,4)35-27(14-12-18-31(35)40-33)13-7-9-25-48(42,43)44;/h5-6,12,14,17-23H,7-11,13,15-16,24-26H2,1-4H3,(H2,42,43,44,45,46,47);1H2. The lowest BCUT2D eigenvalue weighted by atomic mass is 9.80. The van der Waals surface area contributed by atoms with Crippen molar-refractivity contribution in [2.75, 3.05) is 23.4 Å². The number of aryl methyl sites for hydroxylation is 1. The van der Waals surface area contributed by atoms with E-state index in [9.17, 15) is 21.4 Å². The third-order valence-electron chi connectivity index (χ3n) is 10.00. The summed E-state index contributed by atoms with van der Waals surface area (Å²) in [5, 5.41) is 4.38. The fourth-order valence-corrected chi connectivity index (χ4v) is 8.90. The zero-order chi connectivity index (χ0) is 35.6. The van der Waals surface area contributed by atoms with Crippen LogP contribution in [0.15, 0.2) is 88.6 Å². The normalized spacial score (nSPS) is 20.0. The summed E-state index contributed by atoms with van der Waals surface area (Å²) in [4.78, 5) is 0. The Hall–Kier alpha value is -3.06. The van der Waals surface area contributed by atoms with Crippen LogP contribution in [0.3, 0.4) is 0 Å². The van der Waals surface area contributed by atoms with Crippen LogP contribution in [0.2, 0.25) is 0 Å². The smallest absolute Gasteiger partial charge is 0.264 e. The minimum absolute atomic E-state index is 0. The summed E-state index contributed by atoms with van der Waals surface area (Å²) in [5.41, 5.74) is 9.57. The Bertz CT molecular complexity index is 1990. The van der Waals surface area contributed by atoms with Gasteiger partial charge in [-0.15, -0.1) is 0 Å². The SMILES string of the molecule is CC1(C)C(C=CC2=C(Cl)C(=CC=C3Nc4cccc(CCCCS(=O)(=O)O)c4C3(C)C)CCC2)=[N+](CCCCS(=O)(=O)O)c2ccccc21.[OH-]. The summed E-state index contributed by atoms with van der Waals surface area (Å²) in [5.74, 6) is -0.471. The lowest BCUT2D eigenvalue weighted by molar-refractivity contribution is -0.438. The summed E-state index contributed by atoms with van der Waals surface area (Å²) in [7, 11) is -7.95. The summed E-state index contributed by atoms with van der Waals surface area (Å²) >= 11 is 7.10. The van der Waals surface area contributed by atoms with Crippen LogP contribution in [0.25, 0.3) is 0 Å². The number of nitrogens with one attached hydrogen (secondary N) is 1. The van der Waals surface area contributed by atoms with Gasteiger partial charge >= 0.3 is 0 Å². The van der Waals surface area contributed by atoms with Crippen molar-refractivity contribution in [1.82, 2.24) is 0 Å². The average Bonchev–Trinajstić information content (AvgIpc) is 3.41. The molecule has 0 unspecified atom stereocenters. The van der Waals surface area contributed by atoms with Crippen molar-refractivity contribution in [3.8, 4) is 0 Å². The lowest BCUT2D eigenvalue weighted by Gasteiger charge is -2.23. The molecule has 2 aliphatic heterocycles. The first-order valence-corrected chi connectivity index (χ1v) is 20.6. The average molecular weight is 745 g/mol. The van der Waals surface area contributed by atoms with Gasteiger partial charge in [0.25, 0.3) is 20.2 Å². The third-order valence-corrected chi connectivity index (χ3v) is 12.1. The van der Waals surface area contributed by atoms with E-state index in [0.717, 1.165) is 64.6 Å². The molecule has 4 N–H and O–H groups in total. The highest BCUT2D eigenvalue weighted by Gasteiger charge is 2.44. The van der Waals surface area contributed by atoms with Gasteiger partial charge in [0, 0.05) is 46.0 Å². The highest BCUT2D eigenvalue weighted by molar-refractivity contribution is 7.86. The van der Waals surface area contributed by atoms with Crippen LogP contribution >= 0.6 is 11.6 Å². The van der Waals surface area contributed by atoms with Crippen molar-refractivity contribution >= 4 is 48.9 Å². The summed E-state index contributed by atoms with van der Waals surface area (Å²) in [6, 6.07) is 14.5. The van der Waals surface area contributed by atoms with Crippen LogP contribution in [0.5, 0.6) is 0 Å². The number of benzene rings is 2. The van der Waals surface area contributed by atoms with Gasteiger partial charge in [-0.25, -0.2) is 0 Å². The van der Waals surface area contributed by atoms with Crippen LogP contribution in [-0.2, 0) is 37.5 Å². The van der Waals surface area contributed by atoms with E-state index in [-0.39, 0.29) is 27.8 Å².